The van der Waals surface area contributed by atoms with Gasteiger partial charge in [0.25, 0.3) is 0 Å². The summed E-state index contributed by atoms with van der Waals surface area (Å²) >= 11 is 0. The van der Waals surface area contributed by atoms with Crippen LogP contribution in [0.4, 0.5) is 0 Å². The van der Waals surface area contributed by atoms with Gasteiger partial charge >= 0.3 is 0 Å². The lowest BCUT2D eigenvalue weighted by Gasteiger charge is -2.25. The Morgan fingerprint density at radius 3 is 2.79 bits per heavy atom. The molecular formula is C16H23NO2. The first kappa shape index (κ1) is 14.1. The number of carbonyl (C=O) groups is 1. The maximum Gasteiger partial charge on any atom is 0.248 e. The maximum atomic E-state index is 12.2. The highest BCUT2D eigenvalue weighted by molar-refractivity contribution is 5.78. The summed E-state index contributed by atoms with van der Waals surface area (Å²) in [6.45, 7) is 5.00. The number of ether oxygens (including phenoxy) is 1. The number of amides is 1. The van der Waals surface area contributed by atoms with Crippen LogP contribution in [0.3, 0.4) is 0 Å². The van der Waals surface area contributed by atoms with Gasteiger partial charge in [0.15, 0.2) is 0 Å². The van der Waals surface area contributed by atoms with Crippen LogP contribution in [-0.4, -0.2) is 36.1 Å². The number of hydrogen-bond donors (Lipinski definition) is 0. The number of carbonyl (C=O) groups excluding carboxylic acids is 1. The molecule has 0 aromatic heterocycles. The van der Waals surface area contributed by atoms with E-state index in [1.54, 1.807) is 0 Å². The number of hydrogen-bond acceptors (Lipinski definition) is 2. The van der Waals surface area contributed by atoms with Crippen molar-refractivity contribution in [2.24, 2.45) is 0 Å². The minimum absolute atomic E-state index is 0.110. The van der Waals surface area contributed by atoms with Crippen LogP contribution in [0.5, 0.6) is 0 Å². The fraction of sp³-hybridized carbons (Fsp3) is 0.562. The Kier molecular flexibility index (Phi) is 4.97. The Hall–Kier alpha value is -1.35. The van der Waals surface area contributed by atoms with E-state index in [2.05, 4.69) is 24.3 Å². The SMILES string of the molecule is CC(C)OCC(=O)N1CCCC1Cc1ccccc1. The molecule has 1 heterocycles. The van der Waals surface area contributed by atoms with Crippen LogP contribution in [-0.2, 0) is 16.0 Å². The molecule has 0 N–H and O–H groups in total. The zero-order valence-electron chi connectivity index (χ0n) is 11.8. The first-order valence-electron chi connectivity index (χ1n) is 7.12. The number of rotatable bonds is 5. The lowest BCUT2D eigenvalue weighted by atomic mass is 10.0. The molecule has 104 valence electrons. The molecule has 1 fully saturated rings. The summed E-state index contributed by atoms with van der Waals surface area (Å²) in [5, 5.41) is 0. The molecule has 1 aliphatic heterocycles. The first-order valence-corrected chi connectivity index (χ1v) is 7.12. The Morgan fingerprint density at radius 1 is 1.37 bits per heavy atom. The second-order valence-corrected chi connectivity index (χ2v) is 5.43. The summed E-state index contributed by atoms with van der Waals surface area (Å²) in [5.41, 5.74) is 1.30. The molecule has 0 radical (unpaired) electrons. The average Bonchev–Trinajstić information content (AvgIpc) is 2.85. The van der Waals surface area contributed by atoms with Gasteiger partial charge in [-0.2, -0.15) is 0 Å². The molecule has 1 atom stereocenters. The van der Waals surface area contributed by atoms with Crippen molar-refractivity contribution in [3.63, 3.8) is 0 Å². The minimum Gasteiger partial charge on any atom is -0.369 e. The van der Waals surface area contributed by atoms with Crippen LogP contribution in [0.15, 0.2) is 30.3 Å². The second kappa shape index (κ2) is 6.71. The van der Waals surface area contributed by atoms with Gasteiger partial charge in [-0.05, 0) is 38.7 Å². The van der Waals surface area contributed by atoms with Crippen LogP contribution in [0.25, 0.3) is 0 Å². The summed E-state index contributed by atoms with van der Waals surface area (Å²) in [7, 11) is 0. The summed E-state index contributed by atoms with van der Waals surface area (Å²) in [6.07, 6.45) is 3.26. The van der Waals surface area contributed by atoms with E-state index in [0.29, 0.717) is 6.04 Å². The van der Waals surface area contributed by atoms with Crippen LogP contribution >= 0.6 is 0 Å². The number of nitrogens with zero attached hydrogens (tertiary/aromatic N) is 1. The minimum atomic E-state index is 0.110. The van der Waals surface area contributed by atoms with E-state index in [9.17, 15) is 4.79 Å². The van der Waals surface area contributed by atoms with Crippen molar-refractivity contribution in [1.29, 1.82) is 0 Å². The van der Waals surface area contributed by atoms with Crippen LogP contribution in [0, 0.1) is 0 Å². The van der Waals surface area contributed by atoms with E-state index in [1.165, 1.54) is 5.56 Å². The lowest BCUT2D eigenvalue weighted by Crippen LogP contribution is -2.39. The first-order chi connectivity index (χ1) is 9.16. The molecule has 0 saturated carbocycles. The topological polar surface area (TPSA) is 29.5 Å². The fourth-order valence-corrected chi connectivity index (χ4v) is 2.58. The summed E-state index contributed by atoms with van der Waals surface area (Å²) < 4.78 is 5.42. The standard InChI is InChI=1S/C16H23NO2/c1-13(2)19-12-16(18)17-10-6-9-15(17)11-14-7-4-3-5-8-14/h3-5,7-8,13,15H,6,9-12H2,1-2H3. The monoisotopic (exact) mass is 261 g/mol. The molecule has 2 rings (SSSR count). The highest BCUT2D eigenvalue weighted by Crippen LogP contribution is 2.21. The van der Waals surface area contributed by atoms with Crippen molar-refractivity contribution < 1.29 is 9.53 Å². The summed E-state index contributed by atoms with van der Waals surface area (Å²) in [6, 6.07) is 10.7. The Bertz CT molecular complexity index is 402. The average molecular weight is 261 g/mol. The smallest absolute Gasteiger partial charge is 0.248 e. The highest BCUT2D eigenvalue weighted by Gasteiger charge is 2.28. The Morgan fingerprint density at radius 2 is 2.11 bits per heavy atom. The Balaban J connectivity index is 1.91. The predicted molar refractivity (Wildman–Crippen MR) is 76.0 cm³/mol. The third kappa shape index (κ3) is 4.06. The molecule has 1 saturated heterocycles. The van der Waals surface area contributed by atoms with Gasteiger partial charge in [0.1, 0.15) is 6.61 Å². The summed E-state index contributed by atoms with van der Waals surface area (Å²) in [5.74, 6) is 0.132. The zero-order chi connectivity index (χ0) is 13.7. The molecule has 1 aliphatic rings. The normalized spacial score (nSPS) is 19.1. The third-order valence-corrected chi connectivity index (χ3v) is 3.55. The van der Waals surface area contributed by atoms with Gasteiger partial charge < -0.3 is 9.64 Å². The quantitative estimate of drug-likeness (QED) is 0.815. The predicted octanol–water partition coefficient (Wildman–Crippen LogP) is 2.65. The van der Waals surface area contributed by atoms with Gasteiger partial charge in [-0.15, -0.1) is 0 Å². The van der Waals surface area contributed by atoms with Crippen molar-refractivity contribution in [3.05, 3.63) is 35.9 Å². The van der Waals surface area contributed by atoms with Crippen LogP contribution in [0.2, 0.25) is 0 Å². The molecule has 3 heteroatoms. The van der Waals surface area contributed by atoms with Gasteiger partial charge in [0.2, 0.25) is 5.91 Å². The molecule has 1 unspecified atom stereocenters. The molecular weight excluding hydrogens is 238 g/mol. The van der Waals surface area contributed by atoms with Gasteiger partial charge in [0, 0.05) is 12.6 Å². The summed E-state index contributed by atoms with van der Waals surface area (Å²) in [4.78, 5) is 14.1. The molecule has 1 aromatic carbocycles. The van der Waals surface area contributed by atoms with Crippen LogP contribution in [0.1, 0.15) is 32.3 Å². The lowest BCUT2D eigenvalue weighted by molar-refractivity contribution is -0.138. The van der Waals surface area contributed by atoms with Crippen molar-refractivity contribution >= 4 is 5.91 Å². The van der Waals surface area contributed by atoms with E-state index < -0.39 is 0 Å². The van der Waals surface area contributed by atoms with E-state index in [4.69, 9.17) is 4.74 Å². The third-order valence-electron chi connectivity index (χ3n) is 3.55. The molecule has 1 aromatic rings. The van der Waals surface area contributed by atoms with Crippen molar-refractivity contribution in [2.45, 2.75) is 45.3 Å². The molecule has 0 bridgehead atoms. The largest absolute Gasteiger partial charge is 0.369 e. The van der Waals surface area contributed by atoms with Gasteiger partial charge in [0.05, 0.1) is 6.10 Å². The van der Waals surface area contributed by atoms with E-state index in [-0.39, 0.29) is 18.6 Å². The van der Waals surface area contributed by atoms with Crippen molar-refractivity contribution in [2.75, 3.05) is 13.2 Å². The molecule has 19 heavy (non-hydrogen) atoms. The number of benzene rings is 1. The van der Waals surface area contributed by atoms with Crippen molar-refractivity contribution in [3.8, 4) is 0 Å². The van der Waals surface area contributed by atoms with Gasteiger partial charge in [-0.1, -0.05) is 30.3 Å². The van der Waals surface area contributed by atoms with Crippen molar-refractivity contribution in [1.82, 2.24) is 4.90 Å². The second-order valence-electron chi connectivity index (χ2n) is 5.43. The number of likely N-dealkylation sites (tertiary alicyclic amines) is 1. The highest BCUT2D eigenvalue weighted by atomic mass is 16.5. The Labute approximate surface area is 115 Å². The van der Waals surface area contributed by atoms with E-state index >= 15 is 0 Å². The van der Waals surface area contributed by atoms with Crippen LogP contribution < -0.4 is 0 Å². The van der Waals surface area contributed by atoms with Gasteiger partial charge in [-0.25, -0.2) is 0 Å². The fourth-order valence-electron chi connectivity index (χ4n) is 2.58. The molecule has 1 amide bonds. The molecule has 0 spiro atoms. The zero-order valence-corrected chi connectivity index (χ0v) is 11.8. The van der Waals surface area contributed by atoms with Gasteiger partial charge in [-0.3, -0.25) is 4.79 Å². The van der Waals surface area contributed by atoms with E-state index in [0.717, 1.165) is 25.8 Å². The maximum absolute atomic E-state index is 12.2. The molecule has 0 aliphatic carbocycles. The molecule has 3 nitrogen and oxygen atoms in total. The van der Waals surface area contributed by atoms with E-state index in [1.807, 2.05) is 24.8 Å².